The van der Waals surface area contributed by atoms with Gasteiger partial charge in [0.2, 0.25) is 5.91 Å². The van der Waals surface area contributed by atoms with Crippen LogP contribution in [0.5, 0.6) is 0 Å². The highest BCUT2D eigenvalue weighted by Crippen LogP contribution is 2.20. The molecule has 0 saturated carbocycles. The molecular formula is C15H21FN2O. The van der Waals surface area contributed by atoms with Gasteiger partial charge in [-0.05, 0) is 43.9 Å². The number of likely N-dealkylation sites (tertiary alicyclic amines) is 1. The van der Waals surface area contributed by atoms with Crippen molar-refractivity contribution in [2.45, 2.75) is 44.7 Å². The van der Waals surface area contributed by atoms with E-state index in [2.05, 4.69) is 0 Å². The summed E-state index contributed by atoms with van der Waals surface area (Å²) >= 11 is 0. The Morgan fingerprint density at radius 3 is 3.00 bits per heavy atom. The number of piperidine rings is 1. The molecule has 1 aliphatic rings. The zero-order valence-corrected chi connectivity index (χ0v) is 11.3. The molecule has 1 heterocycles. The zero-order chi connectivity index (χ0) is 13.8. The molecular weight excluding hydrogens is 243 g/mol. The van der Waals surface area contributed by atoms with Gasteiger partial charge in [-0.2, -0.15) is 0 Å². The normalized spacial score (nSPS) is 21.2. The quantitative estimate of drug-likeness (QED) is 0.908. The highest BCUT2D eigenvalue weighted by Gasteiger charge is 2.28. The van der Waals surface area contributed by atoms with Crippen molar-refractivity contribution < 1.29 is 9.18 Å². The minimum atomic E-state index is -0.298. The number of nitrogens with two attached hydrogens (primary N) is 1. The Kier molecular flexibility index (Phi) is 4.53. The van der Waals surface area contributed by atoms with E-state index in [1.807, 2.05) is 11.8 Å². The van der Waals surface area contributed by atoms with Crippen LogP contribution in [-0.2, 0) is 11.2 Å². The summed E-state index contributed by atoms with van der Waals surface area (Å²) in [6.07, 6.45) is 3.36. The molecule has 0 spiro atoms. The third-order valence-corrected chi connectivity index (χ3v) is 3.72. The average molecular weight is 264 g/mol. The van der Waals surface area contributed by atoms with Crippen molar-refractivity contribution in [3.05, 3.63) is 35.6 Å². The number of nitrogens with zero attached hydrogens (tertiary/aromatic N) is 1. The predicted molar refractivity (Wildman–Crippen MR) is 73.1 cm³/mol. The summed E-state index contributed by atoms with van der Waals surface area (Å²) in [6, 6.07) is 6.33. The minimum Gasteiger partial charge on any atom is -0.338 e. The Balaban J connectivity index is 2.05. The summed E-state index contributed by atoms with van der Waals surface area (Å²) < 4.78 is 13.1. The largest absolute Gasteiger partial charge is 0.338 e. The molecule has 1 aromatic rings. The fraction of sp³-hybridized carbons (Fsp3) is 0.533. The maximum absolute atomic E-state index is 13.1. The van der Waals surface area contributed by atoms with Gasteiger partial charge in [0, 0.05) is 18.6 Å². The number of hydrogen-bond donors (Lipinski definition) is 1. The third kappa shape index (κ3) is 3.53. The van der Waals surface area contributed by atoms with Crippen molar-refractivity contribution in [3.8, 4) is 0 Å². The number of hydrogen-bond acceptors (Lipinski definition) is 2. The van der Waals surface area contributed by atoms with Gasteiger partial charge >= 0.3 is 0 Å². The molecule has 0 bridgehead atoms. The summed E-state index contributed by atoms with van der Waals surface area (Å²) in [7, 11) is 0. The Morgan fingerprint density at radius 2 is 2.32 bits per heavy atom. The van der Waals surface area contributed by atoms with Crippen molar-refractivity contribution >= 4 is 5.91 Å². The van der Waals surface area contributed by atoms with Crippen LogP contribution in [0.2, 0.25) is 0 Å². The smallest absolute Gasteiger partial charge is 0.227 e. The molecule has 1 saturated heterocycles. The number of carbonyl (C=O) groups is 1. The van der Waals surface area contributed by atoms with Gasteiger partial charge in [0.25, 0.3) is 0 Å². The van der Waals surface area contributed by atoms with Crippen molar-refractivity contribution in [2.75, 3.05) is 6.54 Å². The van der Waals surface area contributed by atoms with Gasteiger partial charge in [0.05, 0.1) is 6.42 Å². The molecule has 2 unspecified atom stereocenters. The van der Waals surface area contributed by atoms with Gasteiger partial charge in [0.1, 0.15) is 5.82 Å². The van der Waals surface area contributed by atoms with E-state index in [1.54, 1.807) is 12.1 Å². The van der Waals surface area contributed by atoms with Crippen LogP contribution >= 0.6 is 0 Å². The van der Waals surface area contributed by atoms with Crippen molar-refractivity contribution in [1.29, 1.82) is 0 Å². The molecule has 3 nitrogen and oxygen atoms in total. The average Bonchev–Trinajstić information content (AvgIpc) is 2.38. The molecule has 104 valence electrons. The van der Waals surface area contributed by atoms with Gasteiger partial charge in [-0.15, -0.1) is 0 Å². The number of carbonyl (C=O) groups excluding carboxylic acids is 1. The van der Waals surface area contributed by atoms with E-state index in [0.717, 1.165) is 31.4 Å². The fourth-order valence-corrected chi connectivity index (χ4v) is 2.74. The van der Waals surface area contributed by atoms with Crippen LogP contribution in [0.15, 0.2) is 24.3 Å². The van der Waals surface area contributed by atoms with E-state index < -0.39 is 0 Å². The van der Waals surface area contributed by atoms with Gasteiger partial charge < -0.3 is 10.6 Å². The zero-order valence-electron chi connectivity index (χ0n) is 11.3. The first kappa shape index (κ1) is 14.0. The second-order valence-corrected chi connectivity index (χ2v) is 5.32. The standard InChI is InChI=1S/C15H21FN2O/c1-11(17)14-7-2-3-8-18(14)15(19)10-12-5-4-6-13(16)9-12/h4-6,9,11,14H,2-3,7-8,10,17H2,1H3. The topological polar surface area (TPSA) is 46.3 Å². The Labute approximate surface area is 113 Å². The van der Waals surface area contributed by atoms with Crippen LogP contribution in [0, 0.1) is 5.82 Å². The van der Waals surface area contributed by atoms with Gasteiger partial charge in [0.15, 0.2) is 0 Å². The molecule has 0 aliphatic carbocycles. The highest BCUT2D eigenvalue weighted by molar-refractivity contribution is 5.79. The first-order valence-electron chi connectivity index (χ1n) is 6.87. The van der Waals surface area contributed by atoms with Crippen LogP contribution in [0.4, 0.5) is 4.39 Å². The fourth-order valence-electron chi connectivity index (χ4n) is 2.74. The maximum atomic E-state index is 13.1. The lowest BCUT2D eigenvalue weighted by Gasteiger charge is -2.38. The minimum absolute atomic E-state index is 0.0169. The lowest BCUT2D eigenvalue weighted by atomic mass is 9.96. The molecule has 1 aliphatic heterocycles. The Bertz CT molecular complexity index is 448. The van der Waals surface area contributed by atoms with E-state index in [9.17, 15) is 9.18 Å². The number of rotatable bonds is 3. The molecule has 2 N–H and O–H groups in total. The summed E-state index contributed by atoms with van der Waals surface area (Å²) in [4.78, 5) is 14.2. The highest BCUT2D eigenvalue weighted by atomic mass is 19.1. The maximum Gasteiger partial charge on any atom is 0.227 e. The van der Waals surface area contributed by atoms with E-state index in [-0.39, 0.29) is 30.2 Å². The predicted octanol–water partition coefficient (Wildman–Crippen LogP) is 2.10. The molecule has 0 aromatic heterocycles. The lowest BCUT2D eigenvalue weighted by molar-refractivity contribution is -0.134. The molecule has 4 heteroatoms. The monoisotopic (exact) mass is 264 g/mol. The van der Waals surface area contributed by atoms with Crippen LogP contribution in [0.3, 0.4) is 0 Å². The molecule has 2 atom stereocenters. The van der Waals surface area contributed by atoms with Gasteiger partial charge in [-0.3, -0.25) is 4.79 Å². The van der Waals surface area contributed by atoms with E-state index in [1.165, 1.54) is 12.1 Å². The van der Waals surface area contributed by atoms with Crippen molar-refractivity contribution in [3.63, 3.8) is 0 Å². The molecule has 2 rings (SSSR count). The van der Waals surface area contributed by atoms with E-state index >= 15 is 0 Å². The van der Waals surface area contributed by atoms with Gasteiger partial charge in [-0.1, -0.05) is 12.1 Å². The molecule has 1 aromatic carbocycles. The second kappa shape index (κ2) is 6.15. The number of halogens is 1. The van der Waals surface area contributed by atoms with Gasteiger partial charge in [-0.25, -0.2) is 4.39 Å². The molecule has 1 amide bonds. The van der Waals surface area contributed by atoms with Crippen LogP contribution in [0.1, 0.15) is 31.7 Å². The third-order valence-electron chi connectivity index (χ3n) is 3.72. The lowest BCUT2D eigenvalue weighted by Crippen LogP contribution is -2.52. The Hall–Kier alpha value is -1.42. The number of benzene rings is 1. The molecule has 1 fully saturated rings. The summed E-state index contributed by atoms with van der Waals surface area (Å²) in [6.45, 7) is 2.71. The molecule has 0 radical (unpaired) electrons. The summed E-state index contributed by atoms with van der Waals surface area (Å²) in [5.41, 5.74) is 6.68. The van der Waals surface area contributed by atoms with E-state index in [4.69, 9.17) is 5.73 Å². The van der Waals surface area contributed by atoms with Crippen LogP contribution in [0.25, 0.3) is 0 Å². The first-order valence-corrected chi connectivity index (χ1v) is 6.87. The first-order chi connectivity index (χ1) is 9.08. The second-order valence-electron chi connectivity index (χ2n) is 5.32. The van der Waals surface area contributed by atoms with Crippen LogP contribution < -0.4 is 5.73 Å². The Morgan fingerprint density at radius 1 is 1.53 bits per heavy atom. The SMILES string of the molecule is CC(N)C1CCCCN1C(=O)Cc1cccc(F)c1. The summed E-state index contributed by atoms with van der Waals surface area (Å²) in [5, 5.41) is 0. The van der Waals surface area contributed by atoms with E-state index in [0.29, 0.717) is 0 Å². The summed E-state index contributed by atoms with van der Waals surface area (Å²) in [5.74, 6) is -0.250. The molecule has 19 heavy (non-hydrogen) atoms. The van der Waals surface area contributed by atoms with Crippen molar-refractivity contribution in [1.82, 2.24) is 4.90 Å². The van der Waals surface area contributed by atoms with Crippen molar-refractivity contribution in [2.24, 2.45) is 5.73 Å². The van der Waals surface area contributed by atoms with Crippen LogP contribution in [-0.4, -0.2) is 29.4 Å². The number of amides is 1.